The Kier molecular flexibility index (Phi) is 5.38. The number of ether oxygens (including phenoxy) is 2. The average Bonchev–Trinajstić information content (AvgIpc) is 2.94. The third-order valence-electron chi connectivity index (χ3n) is 3.33. The Morgan fingerprint density at radius 3 is 1.72 bits per heavy atom. The number of halogens is 1. The van der Waals surface area contributed by atoms with E-state index in [4.69, 9.17) is 0 Å². The summed E-state index contributed by atoms with van der Waals surface area (Å²) in [5.41, 5.74) is 0. The zero-order valence-corrected chi connectivity index (χ0v) is 11.8. The molecule has 0 aromatic heterocycles. The summed E-state index contributed by atoms with van der Waals surface area (Å²) in [5, 5.41) is 53.2. The lowest BCUT2D eigenvalue weighted by molar-refractivity contribution is -0.971. The van der Waals surface area contributed by atoms with Crippen LogP contribution in [0.15, 0.2) is 0 Å². The molecule has 140 valence electrons. The van der Waals surface area contributed by atoms with Gasteiger partial charge >= 0.3 is 11.7 Å². The van der Waals surface area contributed by atoms with Gasteiger partial charge in [0.05, 0.1) is 6.61 Å². The molecule has 0 unspecified atom stereocenters. The maximum absolute atomic E-state index is 13.9. The predicted molar refractivity (Wildman–Crippen MR) is 65.3 cm³/mol. The van der Waals surface area contributed by atoms with E-state index in [9.17, 15) is 55.0 Å². The topological polar surface area (TPSA) is 234 Å². The summed E-state index contributed by atoms with van der Waals surface area (Å²) in [5.74, 6) is -10.1. The van der Waals surface area contributed by atoms with Crippen molar-refractivity contribution >= 4 is 0 Å². The molecule has 1 saturated heterocycles. The first-order valence-electron chi connectivity index (χ1n) is 6.05. The largest absolute Gasteiger partial charge is 0.723 e. The monoisotopic (exact) mass is 373 g/mol. The second-order valence-electron chi connectivity index (χ2n) is 4.70. The van der Waals surface area contributed by atoms with Gasteiger partial charge in [0.25, 0.3) is 6.61 Å². The molecule has 1 rings (SSSR count). The molecule has 0 amide bonds. The van der Waals surface area contributed by atoms with Crippen molar-refractivity contribution in [1.29, 1.82) is 0 Å². The van der Waals surface area contributed by atoms with Gasteiger partial charge in [-0.1, -0.05) is 4.39 Å². The van der Waals surface area contributed by atoms with Crippen LogP contribution in [0.3, 0.4) is 0 Å². The minimum atomic E-state index is -4.15. The summed E-state index contributed by atoms with van der Waals surface area (Å²) in [4.78, 5) is 44.0. The minimum Gasteiger partial charge on any atom is -0.352 e. The van der Waals surface area contributed by atoms with Crippen molar-refractivity contribution in [2.24, 2.45) is 5.92 Å². The van der Waals surface area contributed by atoms with Crippen molar-refractivity contribution in [3.63, 3.8) is 0 Å². The molecular formula is C7H8FN5O12. The first-order chi connectivity index (χ1) is 11.4. The standard InChI is InChI=1S/C7H8FN5O12/c8-7(12(20)21,13(22)23)4-1-5(24-2-4)25-3-6(9(14)15,10(16)17)11(18)19/h4-5H,1-3H2/t4-,5-/m0/s1. The van der Waals surface area contributed by atoms with Crippen LogP contribution < -0.4 is 0 Å². The molecule has 18 heteroatoms. The Morgan fingerprint density at radius 1 is 0.920 bits per heavy atom. The highest BCUT2D eigenvalue weighted by Crippen LogP contribution is 2.34. The average molecular weight is 373 g/mol. The van der Waals surface area contributed by atoms with Gasteiger partial charge in [-0.05, 0) is 0 Å². The van der Waals surface area contributed by atoms with Crippen molar-refractivity contribution in [3.05, 3.63) is 50.6 Å². The molecule has 17 nitrogen and oxygen atoms in total. The first-order valence-corrected chi connectivity index (χ1v) is 6.05. The Labute approximate surface area is 134 Å². The second kappa shape index (κ2) is 6.76. The van der Waals surface area contributed by atoms with E-state index in [-0.39, 0.29) is 0 Å². The number of rotatable bonds is 9. The summed E-state index contributed by atoms with van der Waals surface area (Å²) >= 11 is 0. The maximum atomic E-state index is 13.9. The van der Waals surface area contributed by atoms with Gasteiger partial charge in [-0.25, -0.2) is 0 Å². The Morgan fingerprint density at radius 2 is 1.36 bits per heavy atom. The van der Waals surface area contributed by atoms with Crippen LogP contribution in [0.25, 0.3) is 0 Å². The van der Waals surface area contributed by atoms with Crippen LogP contribution in [-0.2, 0) is 9.47 Å². The molecule has 0 radical (unpaired) electrons. The zero-order chi connectivity index (χ0) is 19.6. The molecular weight excluding hydrogens is 365 g/mol. The quantitative estimate of drug-likeness (QED) is 0.205. The van der Waals surface area contributed by atoms with Crippen molar-refractivity contribution < 1.29 is 38.5 Å². The van der Waals surface area contributed by atoms with Crippen LogP contribution in [0.2, 0.25) is 0 Å². The molecule has 0 spiro atoms. The number of hydrogen-bond acceptors (Lipinski definition) is 12. The van der Waals surface area contributed by atoms with E-state index in [2.05, 4.69) is 9.47 Å². The zero-order valence-electron chi connectivity index (χ0n) is 11.8. The van der Waals surface area contributed by atoms with Crippen LogP contribution in [-0.4, -0.2) is 55.8 Å². The third kappa shape index (κ3) is 3.24. The number of nitrogens with zero attached hydrogens (tertiary/aromatic N) is 5. The second-order valence-corrected chi connectivity index (χ2v) is 4.70. The summed E-state index contributed by atoms with van der Waals surface area (Å²) in [6, 6.07) is 0. The van der Waals surface area contributed by atoms with Gasteiger partial charge in [0.15, 0.2) is 27.0 Å². The number of hydrogen-bond donors (Lipinski definition) is 0. The summed E-state index contributed by atoms with van der Waals surface area (Å²) in [6.07, 6.45) is -2.68. The summed E-state index contributed by atoms with van der Waals surface area (Å²) in [6.45, 7) is -2.68. The Balaban J connectivity index is 2.89. The van der Waals surface area contributed by atoms with E-state index in [0.29, 0.717) is 0 Å². The summed E-state index contributed by atoms with van der Waals surface area (Å²) < 4.78 is 23.0. The minimum absolute atomic E-state index is 0.887. The van der Waals surface area contributed by atoms with Gasteiger partial charge in [0.1, 0.15) is 9.85 Å². The van der Waals surface area contributed by atoms with Gasteiger partial charge in [0, 0.05) is 6.42 Å². The highest BCUT2D eigenvalue weighted by Gasteiger charge is 2.72. The molecule has 2 atom stereocenters. The molecule has 0 N–H and O–H groups in total. The predicted octanol–water partition coefficient (Wildman–Crippen LogP) is -0.974. The fourth-order valence-electron chi connectivity index (χ4n) is 1.89. The normalized spacial score (nSPS) is 20.8. The van der Waals surface area contributed by atoms with Gasteiger partial charge in [-0.2, -0.15) is 0 Å². The fraction of sp³-hybridized carbons (Fsp3) is 1.00. The van der Waals surface area contributed by atoms with Gasteiger partial charge in [-0.15, -0.1) is 0 Å². The van der Waals surface area contributed by atoms with Crippen molar-refractivity contribution in [2.45, 2.75) is 24.4 Å². The highest BCUT2D eigenvalue weighted by molar-refractivity contribution is 4.75. The van der Waals surface area contributed by atoms with E-state index in [0.717, 1.165) is 0 Å². The molecule has 1 aliphatic heterocycles. The maximum Gasteiger partial charge on any atom is 0.723 e. The fourth-order valence-corrected chi connectivity index (χ4v) is 1.89. The highest BCUT2D eigenvalue weighted by atomic mass is 19.2. The molecule has 1 heterocycles. The first kappa shape index (κ1) is 19.9. The van der Waals surface area contributed by atoms with E-state index in [1.54, 1.807) is 0 Å². The summed E-state index contributed by atoms with van der Waals surface area (Å²) in [7, 11) is 0. The number of alkyl halides is 1. The van der Waals surface area contributed by atoms with Crippen LogP contribution in [0, 0.1) is 56.5 Å². The molecule has 1 fully saturated rings. The SMILES string of the molecule is O=[N+]([O-])C(F)([C@@H]1CO[C@@H](OCC([N+](=O)[O-])([N+](=O)[O-])[N+](=O)[O-])C1)[N+](=O)[O-]. The van der Waals surface area contributed by atoms with Crippen LogP contribution >= 0.6 is 0 Å². The Bertz CT molecular complexity index is 575. The number of nitro groups is 5. The van der Waals surface area contributed by atoms with Crippen LogP contribution in [0.5, 0.6) is 0 Å². The van der Waals surface area contributed by atoms with Gasteiger partial charge in [-0.3, -0.25) is 50.6 Å². The lowest BCUT2D eigenvalue weighted by Crippen LogP contribution is -2.57. The van der Waals surface area contributed by atoms with Gasteiger partial charge < -0.3 is 9.47 Å². The molecule has 0 aromatic carbocycles. The van der Waals surface area contributed by atoms with Gasteiger partial charge in [0.2, 0.25) is 0 Å². The van der Waals surface area contributed by atoms with E-state index in [1.165, 1.54) is 0 Å². The molecule has 0 aromatic rings. The van der Waals surface area contributed by atoms with E-state index in [1.807, 2.05) is 0 Å². The van der Waals surface area contributed by atoms with Crippen LogP contribution in [0.4, 0.5) is 4.39 Å². The smallest absolute Gasteiger partial charge is 0.352 e. The molecule has 25 heavy (non-hydrogen) atoms. The molecule has 1 aliphatic rings. The molecule has 0 aliphatic carbocycles. The Hall–Kier alpha value is -3.15. The molecule has 0 saturated carbocycles. The molecule has 0 bridgehead atoms. The van der Waals surface area contributed by atoms with Crippen molar-refractivity contribution in [2.75, 3.05) is 13.2 Å². The van der Waals surface area contributed by atoms with Crippen molar-refractivity contribution in [1.82, 2.24) is 0 Å². The van der Waals surface area contributed by atoms with Crippen LogP contribution in [0.1, 0.15) is 6.42 Å². The third-order valence-corrected chi connectivity index (χ3v) is 3.33. The lowest BCUT2D eigenvalue weighted by Gasteiger charge is -2.14. The van der Waals surface area contributed by atoms with E-state index < -0.39 is 68.2 Å². The van der Waals surface area contributed by atoms with Crippen molar-refractivity contribution in [3.8, 4) is 0 Å². The van der Waals surface area contributed by atoms with E-state index >= 15 is 0 Å². The lowest BCUT2D eigenvalue weighted by atomic mass is 10.0.